The molecule has 4 heteroatoms. The molecule has 108 valence electrons. The van der Waals surface area contributed by atoms with Crippen molar-refractivity contribution in [3.8, 4) is 0 Å². The number of nitrogens with zero attached hydrogens (tertiary/aromatic N) is 2. The summed E-state index contributed by atoms with van der Waals surface area (Å²) < 4.78 is 2.12. The van der Waals surface area contributed by atoms with Crippen LogP contribution in [0.25, 0.3) is 0 Å². The topological polar surface area (TPSA) is 29.9 Å². The molecule has 1 atom stereocenters. The third-order valence-corrected chi connectivity index (χ3v) is 4.26. The van der Waals surface area contributed by atoms with E-state index in [1.807, 2.05) is 18.0 Å². The van der Waals surface area contributed by atoms with E-state index < -0.39 is 0 Å². The van der Waals surface area contributed by atoms with E-state index in [-0.39, 0.29) is 0 Å². The Labute approximate surface area is 125 Å². The lowest BCUT2D eigenvalue weighted by Gasteiger charge is -2.19. The van der Waals surface area contributed by atoms with Crippen LogP contribution < -0.4 is 5.32 Å². The molecule has 3 nitrogen and oxygen atoms in total. The first kappa shape index (κ1) is 15.1. The Kier molecular flexibility index (Phi) is 6.15. The largest absolute Gasteiger partial charge is 0.308 e. The zero-order chi connectivity index (χ0) is 14.2. The van der Waals surface area contributed by atoms with Crippen LogP contribution in [0, 0.1) is 0 Å². The highest BCUT2D eigenvalue weighted by Gasteiger charge is 2.15. The van der Waals surface area contributed by atoms with Crippen molar-refractivity contribution < 1.29 is 0 Å². The molecule has 0 fully saturated rings. The number of benzene rings is 1. The smallest absolute Gasteiger partial charge is 0.0587 e. The molecule has 0 aliphatic heterocycles. The number of hydrogen-bond donors (Lipinski definition) is 1. The molecule has 0 saturated carbocycles. The van der Waals surface area contributed by atoms with Crippen LogP contribution >= 0.6 is 11.8 Å². The Balaban J connectivity index is 2.04. The monoisotopic (exact) mass is 289 g/mol. The molecule has 0 aliphatic carbocycles. The molecule has 0 spiro atoms. The number of rotatable bonds is 8. The average molecular weight is 289 g/mol. The summed E-state index contributed by atoms with van der Waals surface area (Å²) in [5, 5.41) is 8.00. The zero-order valence-electron chi connectivity index (χ0n) is 12.2. The predicted octanol–water partition coefficient (Wildman–Crippen LogP) is 3.74. The van der Waals surface area contributed by atoms with Gasteiger partial charge in [0.2, 0.25) is 0 Å². The van der Waals surface area contributed by atoms with E-state index in [1.165, 1.54) is 10.6 Å². The molecule has 1 aromatic heterocycles. The van der Waals surface area contributed by atoms with E-state index in [0.717, 1.165) is 25.3 Å². The highest BCUT2D eigenvalue weighted by Crippen LogP contribution is 2.24. The van der Waals surface area contributed by atoms with E-state index in [4.69, 9.17) is 0 Å². The lowest BCUT2D eigenvalue weighted by molar-refractivity contribution is 0.508. The van der Waals surface area contributed by atoms with Crippen molar-refractivity contribution in [2.75, 3.05) is 12.3 Å². The molecular formula is C16H23N3S. The van der Waals surface area contributed by atoms with Crippen molar-refractivity contribution in [1.82, 2.24) is 15.1 Å². The lowest BCUT2D eigenvalue weighted by Crippen LogP contribution is -2.25. The summed E-state index contributed by atoms with van der Waals surface area (Å²) in [5.41, 5.74) is 1.29. The van der Waals surface area contributed by atoms with Crippen molar-refractivity contribution in [3.63, 3.8) is 0 Å². The average Bonchev–Trinajstić information content (AvgIpc) is 2.93. The molecule has 0 bridgehead atoms. The Morgan fingerprint density at radius 2 is 2.00 bits per heavy atom. The quantitative estimate of drug-likeness (QED) is 0.751. The van der Waals surface area contributed by atoms with Gasteiger partial charge in [0, 0.05) is 23.4 Å². The highest BCUT2D eigenvalue weighted by molar-refractivity contribution is 7.99. The van der Waals surface area contributed by atoms with Crippen molar-refractivity contribution in [2.45, 2.75) is 37.8 Å². The third-order valence-electron chi connectivity index (χ3n) is 3.15. The Hall–Kier alpha value is -1.26. The second kappa shape index (κ2) is 8.12. The molecule has 2 aromatic rings. The summed E-state index contributed by atoms with van der Waals surface area (Å²) in [4.78, 5) is 1.32. The van der Waals surface area contributed by atoms with Gasteiger partial charge in [0.15, 0.2) is 0 Å². The van der Waals surface area contributed by atoms with Crippen LogP contribution in [0.5, 0.6) is 0 Å². The van der Waals surface area contributed by atoms with E-state index in [1.54, 1.807) is 0 Å². The molecule has 20 heavy (non-hydrogen) atoms. The van der Waals surface area contributed by atoms with Gasteiger partial charge in [-0.3, -0.25) is 4.68 Å². The summed E-state index contributed by atoms with van der Waals surface area (Å²) in [6, 6.07) is 13.0. The van der Waals surface area contributed by atoms with E-state index in [0.29, 0.717) is 6.04 Å². The Morgan fingerprint density at radius 1 is 1.20 bits per heavy atom. The molecule has 0 saturated heterocycles. The Morgan fingerprint density at radius 3 is 2.70 bits per heavy atom. The molecular weight excluding hydrogens is 266 g/mol. The van der Waals surface area contributed by atoms with Crippen LogP contribution in [0.3, 0.4) is 0 Å². The second-order valence-electron chi connectivity index (χ2n) is 4.71. The lowest BCUT2D eigenvalue weighted by atomic mass is 10.2. The van der Waals surface area contributed by atoms with Gasteiger partial charge in [-0.2, -0.15) is 5.10 Å². The number of hydrogen-bond acceptors (Lipinski definition) is 3. The van der Waals surface area contributed by atoms with Gasteiger partial charge < -0.3 is 5.32 Å². The fourth-order valence-corrected chi connectivity index (χ4v) is 3.23. The minimum atomic E-state index is 0.347. The minimum Gasteiger partial charge on any atom is -0.308 e. The first-order valence-electron chi connectivity index (χ1n) is 7.28. The molecule has 0 radical (unpaired) electrons. The molecule has 1 N–H and O–H groups in total. The van der Waals surface area contributed by atoms with Crippen LogP contribution in [0.15, 0.2) is 47.5 Å². The van der Waals surface area contributed by atoms with Gasteiger partial charge in [-0.15, -0.1) is 11.8 Å². The van der Waals surface area contributed by atoms with Gasteiger partial charge in [0.05, 0.1) is 11.7 Å². The molecule has 2 rings (SSSR count). The number of aromatic nitrogens is 2. The molecule has 0 amide bonds. The first-order valence-corrected chi connectivity index (χ1v) is 8.26. The standard InChI is InChI=1S/C16H23N3S/c1-3-12-19-16(10-11-18-19)15(17-4-2)13-20-14-8-6-5-7-9-14/h5-11,15,17H,3-4,12-13H2,1-2H3. The minimum absolute atomic E-state index is 0.347. The summed E-state index contributed by atoms with van der Waals surface area (Å²) in [5.74, 6) is 1.02. The van der Waals surface area contributed by atoms with Crippen molar-refractivity contribution >= 4 is 11.8 Å². The van der Waals surface area contributed by atoms with Crippen LogP contribution in [0.4, 0.5) is 0 Å². The van der Waals surface area contributed by atoms with E-state index in [9.17, 15) is 0 Å². The van der Waals surface area contributed by atoms with Crippen LogP contribution in [0.2, 0.25) is 0 Å². The number of aryl methyl sites for hydroxylation is 1. The summed E-state index contributed by atoms with van der Waals surface area (Å²) in [6.45, 7) is 6.30. The first-order chi connectivity index (χ1) is 9.85. The van der Waals surface area contributed by atoms with Gasteiger partial charge in [-0.1, -0.05) is 32.0 Å². The fourth-order valence-electron chi connectivity index (χ4n) is 2.23. The maximum Gasteiger partial charge on any atom is 0.0587 e. The van der Waals surface area contributed by atoms with Crippen LogP contribution in [-0.2, 0) is 6.54 Å². The van der Waals surface area contributed by atoms with Crippen LogP contribution in [-0.4, -0.2) is 22.1 Å². The van der Waals surface area contributed by atoms with Gasteiger partial charge in [-0.05, 0) is 31.2 Å². The molecule has 0 aliphatic rings. The zero-order valence-corrected chi connectivity index (χ0v) is 13.1. The van der Waals surface area contributed by atoms with Gasteiger partial charge >= 0.3 is 0 Å². The van der Waals surface area contributed by atoms with E-state index in [2.05, 4.69) is 65.3 Å². The fraction of sp³-hybridized carbons (Fsp3) is 0.438. The van der Waals surface area contributed by atoms with Crippen molar-refractivity contribution in [3.05, 3.63) is 48.3 Å². The summed E-state index contributed by atoms with van der Waals surface area (Å²) in [7, 11) is 0. The maximum absolute atomic E-state index is 4.43. The van der Waals surface area contributed by atoms with Crippen molar-refractivity contribution in [2.24, 2.45) is 0 Å². The number of nitrogens with one attached hydrogen (secondary N) is 1. The third kappa shape index (κ3) is 4.12. The van der Waals surface area contributed by atoms with Gasteiger partial charge in [-0.25, -0.2) is 0 Å². The van der Waals surface area contributed by atoms with E-state index >= 15 is 0 Å². The summed E-state index contributed by atoms with van der Waals surface area (Å²) >= 11 is 1.89. The Bertz CT molecular complexity index is 495. The normalized spacial score (nSPS) is 12.5. The predicted molar refractivity (Wildman–Crippen MR) is 86.1 cm³/mol. The SMILES string of the molecule is CCCn1nccc1C(CSc1ccccc1)NCC. The molecule has 1 heterocycles. The maximum atomic E-state index is 4.43. The molecule has 1 aromatic carbocycles. The summed E-state index contributed by atoms with van der Waals surface area (Å²) in [6.07, 6.45) is 3.02. The number of thioether (sulfide) groups is 1. The second-order valence-corrected chi connectivity index (χ2v) is 5.81. The van der Waals surface area contributed by atoms with Gasteiger partial charge in [0.25, 0.3) is 0 Å². The molecule has 1 unspecified atom stereocenters. The van der Waals surface area contributed by atoms with Gasteiger partial charge in [0.1, 0.15) is 0 Å². The van der Waals surface area contributed by atoms with Crippen molar-refractivity contribution in [1.29, 1.82) is 0 Å². The highest BCUT2D eigenvalue weighted by atomic mass is 32.2. The van der Waals surface area contributed by atoms with Crippen LogP contribution in [0.1, 0.15) is 32.0 Å².